The lowest BCUT2D eigenvalue weighted by molar-refractivity contribution is -0.116. The van der Waals surface area contributed by atoms with E-state index in [0.717, 1.165) is 11.1 Å². The average Bonchev–Trinajstić information content (AvgIpc) is 2.60. The number of ether oxygens (including phenoxy) is 2. The number of methoxy groups -OCH3 is 1. The van der Waals surface area contributed by atoms with E-state index in [1.165, 1.54) is 6.08 Å². The van der Waals surface area contributed by atoms with Gasteiger partial charge in [0.2, 0.25) is 5.91 Å². The van der Waals surface area contributed by atoms with Crippen LogP contribution in [0, 0.1) is 0 Å². The zero-order chi connectivity index (χ0) is 18.2. The Bertz CT molecular complexity index is 739. The van der Waals surface area contributed by atoms with Gasteiger partial charge in [0.1, 0.15) is 0 Å². The molecule has 0 heterocycles. The van der Waals surface area contributed by atoms with Gasteiger partial charge in [-0.25, -0.2) is 0 Å². The minimum atomic E-state index is -0.170. The van der Waals surface area contributed by atoms with E-state index < -0.39 is 0 Å². The Kier molecular flexibility index (Phi) is 6.90. The number of hydrogen-bond donors (Lipinski definition) is 1. The lowest BCUT2D eigenvalue weighted by Crippen LogP contribution is -2.20. The first-order valence-corrected chi connectivity index (χ1v) is 8.41. The number of carbonyl (C=O) groups is 1. The van der Waals surface area contributed by atoms with Crippen molar-refractivity contribution in [3.05, 3.63) is 64.7 Å². The van der Waals surface area contributed by atoms with Crippen LogP contribution in [-0.4, -0.2) is 19.1 Å². The highest BCUT2D eigenvalue weighted by atomic mass is 35.5. The summed E-state index contributed by atoms with van der Waals surface area (Å²) in [4.78, 5) is 11.9. The molecule has 0 bridgehead atoms. The van der Waals surface area contributed by atoms with E-state index in [1.54, 1.807) is 25.3 Å². The predicted molar refractivity (Wildman–Crippen MR) is 101 cm³/mol. The maximum Gasteiger partial charge on any atom is 0.244 e. The fraction of sp³-hybridized carbons (Fsp3) is 0.250. The molecule has 1 N–H and O–H groups in total. The van der Waals surface area contributed by atoms with Gasteiger partial charge in [-0.3, -0.25) is 4.79 Å². The monoisotopic (exact) mass is 359 g/mol. The van der Waals surface area contributed by atoms with Crippen molar-refractivity contribution in [2.24, 2.45) is 0 Å². The summed E-state index contributed by atoms with van der Waals surface area (Å²) in [5.41, 5.74) is 1.85. The van der Waals surface area contributed by atoms with Crippen LogP contribution in [0.2, 0.25) is 5.02 Å². The summed E-state index contributed by atoms with van der Waals surface area (Å²) in [6, 6.07) is 12.9. The standard InChI is InChI=1S/C20H22ClNO3/c1-14(2)25-18-10-6-16(12-19(18)24-3)13-22-20(23)11-7-15-4-8-17(21)9-5-15/h4-12,14H,13H2,1-3H3,(H,22,23)/b11-7+. The van der Waals surface area contributed by atoms with Crippen LogP contribution in [0.1, 0.15) is 25.0 Å². The molecule has 0 fully saturated rings. The number of rotatable bonds is 7. The summed E-state index contributed by atoms with van der Waals surface area (Å²) in [7, 11) is 1.60. The fourth-order valence-electron chi connectivity index (χ4n) is 2.17. The van der Waals surface area contributed by atoms with Crippen LogP contribution in [0.5, 0.6) is 11.5 Å². The first kappa shape index (κ1) is 18.9. The Morgan fingerprint density at radius 3 is 2.52 bits per heavy atom. The number of hydrogen-bond acceptors (Lipinski definition) is 3. The molecule has 2 aromatic rings. The number of halogens is 1. The molecule has 1 amide bonds. The lowest BCUT2D eigenvalue weighted by Gasteiger charge is -2.14. The fourth-order valence-corrected chi connectivity index (χ4v) is 2.29. The third-order valence-electron chi connectivity index (χ3n) is 3.35. The molecule has 2 rings (SSSR count). The van der Waals surface area contributed by atoms with Crippen molar-refractivity contribution in [2.75, 3.05) is 7.11 Å². The van der Waals surface area contributed by atoms with Crippen LogP contribution in [0.3, 0.4) is 0 Å². The Morgan fingerprint density at radius 1 is 1.16 bits per heavy atom. The Hall–Kier alpha value is -2.46. The van der Waals surface area contributed by atoms with Gasteiger partial charge in [0, 0.05) is 17.6 Å². The van der Waals surface area contributed by atoms with Crippen molar-refractivity contribution in [1.82, 2.24) is 5.32 Å². The van der Waals surface area contributed by atoms with E-state index in [1.807, 2.05) is 44.2 Å². The molecule has 25 heavy (non-hydrogen) atoms. The highest BCUT2D eigenvalue weighted by molar-refractivity contribution is 6.30. The molecule has 0 aromatic heterocycles. The summed E-state index contributed by atoms with van der Waals surface area (Å²) in [5, 5.41) is 3.51. The van der Waals surface area contributed by atoms with Gasteiger partial charge in [0.25, 0.3) is 0 Å². The first-order valence-electron chi connectivity index (χ1n) is 8.03. The first-order chi connectivity index (χ1) is 12.0. The van der Waals surface area contributed by atoms with Crippen LogP contribution >= 0.6 is 11.6 Å². The number of carbonyl (C=O) groups excluding carboxylic acids is 1. The molecule has 0 saturated heterocycles. The summed E-state index contributed by atoms with van der Waals surface area (Å²) in [5.74, 6) is 1.17. The highest BCUT2D eigenvalue weighted by Gasteiger charge is 2.08. The molecule has 0 saturated carbocycles. The molecule has 0 aliphatic carbocycles. The van der Waals surface area contributed by atoms with Crippen molar-refractivity contribution in [2.45, 2.75) is 26.5 Å². The van der Waals surface area contributed by atoms with E-state index in [2.05, 4.69) is 5.32 Å². The predicted octanol–water partition coefficient (Wildman–Crippen LogP) is 4.47. The van der Waals surface area contributed by atoms with E-state index in [4.69, 9.17) is 21.1 Å². The van der Waals surface area contributed by atoms with Crippen molar-refractivity contribution >= 4 is 23.6 Å². The van der Waals surface area contributed by atoms with Gasteiger partial charge in [-0.05, 0) is 55.3 Å². The lowest BCUT2D eigenvalue weighted by atomic mass is 10.2. The Morgan fingerprint density at radius 2 is 1.88 bits per heavy atom. The van der Waals surface area contributed by atoms with E-state index in [9.17, 15) is 4.79 Å². The molecule has 0 aliphatic heterocycles. The third kappa shape index (κ3) is 6.16. The van der Waals surface area contributed by atoms with Crippen molar-refractivity contribution < 1.29 is 14.3 Å². The summed E-state index contributed by atoms with van der Waals surface area (Å²) in [6.07, 6.45) is 3.31. The zero-order valence-corrected chi connectivity index (χ0v) is 15.3. The van der Waals surface area contributed by atoms with Gasteiger partial charge in [-0.1, -0.05) is 29.8 Å². The molecule has 0 unspecified atom stereocenters. The maximum absolute atomic E-state index is 11.9. The van der Waals surface area contributed by atoms with Crippen LogP contribution in [0.25, 0.3) is 6.08 Å². The van der Waals surface area contributed by atoms with Gasteiger partial charge in [-0.15, -0.1) is 0 Å². The third-order valence-corrected chi connectivity index (χ3v) is 3.61. The van der Waals surface area contributed by atoms with Crippen molar-refractivity contribution in [1.29, 1.82) is 0 Å². The van der Waals surface area contributed by atoms with Crippen molar-refractivity contribution in [3.8, 4) is 11.5 Å². The smallest absolute Gasteiger partial charge is 0.244 e. The SMILES string of the molecule is COc1cc(CNC(=O)/C=C/c2ccc(Cl)cc2)ccc1OC(C)C. The van der Waals surface area contributed by atoms with Gasteiger partial charge in [0.15, 0.2) is 11.5 Å². The number of benzene rings is 2. The topological polar surface area (TPSA) is 47.6 Å². The van der Waals surface area contributed by atoms with Crippen molar-refractivity contribution in [3.63, 3.8) is 0 Å². The van der Waals surface area contributed by atoms with Crippen LogP contribution in [0.4, 0.5) is 0 Å². The van der Waals surface area contributed by atoms with Gasteiger partial charge in [-0.2, -0.15) is 0 Å². The van der Waals surface area contributed by atoms with Crippen LogP contribution < -0.4 is 14.8 Å². The van der Waals surface area contributed by atoms with Crippen LogP contribution in [0.15, 0.2) is 48.5 Å². The zero-order valence-electron chi connectivity index (χ0n) is 14.6. The second kappa shape index (κ2) is 9.14. The Labute approximate surface area is 153 Å². The number of amides is 1. The average molecular weight is 360 g/mol. The largest absolute Gasteiger partial charge is 0.493 e. The molecule has 132 valence electrons. The summed E-state index contributed by atoms with van der Waals surface area (Å²) >= 11 is 5.83. The summed E-state index contributed by atoms with van der Waals surface area (Å²) < 4.78 is 11.0. The molecule has 0 aliphatic rings. The number of nitrogens with one attached hydrogen (secondary N) is 1. The second-order valence-corrected chi connectivity index (χ2v) is 6.19. The summed E-state index contributed by atoms with van der Waals surface area (Å²) in [6.45, 7) is 4.32. The molecule has 0 radical (unpaired) electrons. The molecule has 0 atom stereocenters. The quantitative estimate of drug-likeness (QED) is 0.742. The minimum Gasteiger partial charge on any atom is -0.493 e. The molecular weight excluding hydrogens is 338 g/mol. The molecule has 0 spiro atoms. The maximum atomic E-state index is 11.9. The highest BCUT2D eigenvalue weighted by Crippen LogP contribution is 2.28. The van der Waals surface area contributed by atoms with E-state index in [0.29, 0.717) is 23.1 Å². The molecule has 5 heteroatoms. The Balaban J connectivity index is 1.93. The normalized spacial score (nSPS) is 10.9. The van der Waals surface area contributed by atoms with Gasteiger partial charge >= 0.3 is 0 Å². The minimum absolute atomic E-state index is 0.0671. The molecule has 4 nitrogen and oxygen atoms in total. The van der Waals surface area contributed by atoms with Gasteiger partial charge < -0.3 is 14.8 Å². The van der Waals surface area contributed by atoms with Gasteiger partial charge in [0.05, 0.1) is 13.2 Å². The van der Waals surface area contributed by atoms with Crippen LogP contribution in [-0.2, 0) is 11.3 Å². The van der Waals surface area contributed by atoms with E-state index >= 15 is 0 Å². The second-order valence-electron chi connectivity index (χ2n) is 5.75. The molecule has 2 aromatic carbocycles. The van der Waals surface area contributed by atoms with E-state index in [-0.39, 0.29) is 12.0 Å². The molecular formula is C20H22ClNO3.